The first-order valence-corrected chi connectivity index (χ1v) is 9.98. The summed E-state index contributed by atoms with van der Waals surface area (Å²) >= 11 is 0. The number of nitrogens with one attached hydrogen (secondary N) is 2. The first kappa shape index (κ1) is 17.7. The van der Waals surface area contributed by atoms with Crippen LogP contribution in [0.15, 0.2) is 52.0 Å². The first-order chi connectivity index (χ1) is 10.8. The summed E-state index contributed by atoms with van der Waals surface area (Å²) < 4.78 is 57.4. The zero-order chi connectivity index (χ0) is 16.9. The first-order valence-electron chi connectivity index (χ1n) is 6.84. The molecule has 0 spiro atoms. The van der Waals surface area contributed by atoms with Gasteiger partial charge in [-0.1, -0.05) is 12.1 Å². The summed E-state index contributed by atoms with van der Waals surface area (Å²) in [7, 11) is -7.33. The van der Waals surface area contributed by atoms with Gasteiger partial charge in [-0.25, -0.2) is 26.3 Å². The van der Waals surface area contributed by atoms with E-state index in [9.17, 15) is 16.8 Å². The maximum atomic E-state index is 12.1. The Morgan fingerprint density at radius 1 is 1.04 bits per heavy atom. The van der Waals surface area contributed by atoms with Crippen molar-refractivity contribution < 1.29 is 21.3 Å². The minimum Gasteiger partial charge on any atom is -0.468 e. The lowest BCUT2D eigenvalue weighted by atomic mass is 10.2. The van der Waals surface area contributed by atoms with Crippen molar-refractivity contribution in [3.8, 4) is 0 Å². The topological polar surface area (TPSA) is 105 Å². The Morgan fingerprint density at radius 3 is 2.48 bits per heavy atom. The van der Waals surface area contributed by atoms with Crippen molar-refractivity contribution in [1.29, 1.82) is 0 Å². The molecule has 9 heteroatoms. The Balaban J connectivity index is 1.88. The zero-order valence-electron chi connectivity index (χ0n) is 12.5. The van der Waals surface area contributed by atoms with Gasteiger partial charge in [-0.05, 0) is 36.8 Å². The van der Waals surface area contributed by atoms with Gasteiger partial charge >= 0.3 is 0 Å². The normalized spacial score (nSPS) is 12.4. The van der Waals surface area contributed by atoms with E-state index in [4.69, 9.17) is 4.42 Å². The van der Waals surface area contributed by atoms with Gasteiger partial charge in [0.15, 0.2) is 0 Å². The van der Waals surface area contributed by atoms with Gasteiger partial charge in [-0.2, -0.15) is 0 Å². The second-order valence-electron chi connectivity index (χ2n) is 4.93. The number of rotatable bonds is 8. The Labute approximate surface area is 135 Å². The molecule has 0 aliphatic carbocycles. The van der Waals surface area contributed by atoms with E-state index >= 15 is 0 Å². The van der Waals surface area contributed by atoms with Crippen LogP contribution in [-0.4, -0.2) is 29.1 Å². The maximum Gasteiger partial charge on any atom is 0.240 e. The Kier molecular flexibility index (Phi) is 5.58. The van der Waals surface area contributed by atoms with Gasteiger partial charge in [0.25, 0.3) is 0 Å². The summed E-state index contributed by atoms with van der Waals surface area (Å²) in [4.78, 5) is 0.110. The number of hydrogen-bond donors (Lipinski definition) is 2. The fourth-order valence-electron chi connectivity index (χ4n) is 1.84. The molecule has 0 atom stereocenters. The SMILES string of the molecule is Cc1cccc(S(=O)(=O)NCCS(=O)(=O)NCc2ccco2)c1. The fraction of sp³-hybridized carbons (Fsp3) is 0.286. The van der Waals surface area contributed by atoms with Crippen molar-refractivity contribution in [2.45, 2.75) is 18.4 Å². The van der Waals surface area contributed by atoms with Gasteiger partial charge in [0.1, 0.15) is 5.76 Å². The fourth-order valence-corrected chi connectivity index (χ4v) is 3.99. The van der Waals surface area contributed by atoms with Crippen LogP contribution in [0.5, 0.6) is 0 Å². The lowest BCUT2D eigenvalue weighted by Gasteiger charge is -2.08. The highest BCUT2D eigenvalue weighted by Crippen LogP contribution is 2.10. The summed E-state index contributed by atoms with van der Waals surface area (Å²) in [5, 5.41) is 0. The van der Waals surface area contributed by atoms with Crippen molar-refractivity contribution in [3.63, 3.8) is 0 Å². The number of hydrogen-bond acceptors (Lipinski definition) is 5. The molecule has 126 valence electrons. The van der Waals surface area contributed by atoms with E-state index in [-0.39, 0.29) is 23.7 Å². The van der Waals surface area contributed by atoms with Gasteiger partial charge in [-0.15, -0.1) is 0 Å². The number of sulfonamides is 2. The molecule has 0 radical (unpaired) electrons. The van der Waals surface area contributed by atoms with E-state index in [2.05, 4.69) is 9.44 Å². The minimum atomic E-state index is -3.72. The van der Waals surface area contributed by atoms with Gasteiger partial charge < -0.3 is 4.42 Å². The van der Waals surface area contributed by atoms with Gasteiger partial charge in [0, 0.05) is 6.54 Å². The number of furan rings is 1. The van der Waals surface area contributed by atoms with Crippen LogP contribution in [0.3, 0.4) is 0 Å². The van der Waals surface area contributed by atoms with Gasteiger partial charge in [-0.3, -0.25) is 0 Å². The Bertz CT molecular complexity index is 843. The molecule has 2 N–H and O–H groups in total. The summed E-state index contributed by atoms with van der Waals surface area (Å²) in [5.41, 5.74) is 0.806. The molecule has 1 aromatic heterocycles. The van der Waals surface area contributed by atoms with Gasteiger partial charge in [0.05, 0.1) is 23.5 Å². The second-order valence-corrected chi connectivity index (χ2v) is 8.63. The van der Waals surface area contributed by atoms with Gasteiger partial charge in [0.2, 0.25) is 20.0 Å². The van der Waals surface area contributed by atoms with Crippen LogP contribution in [0.25, 0.3) is 0 Å². The highest BCUT2D eigenvalue weighted by atomic mass is 32.2. The lowest BCUT2D eigenvalue weighted by molar-refractivity contribution is 0.498. The molecular formula is C14H18N2O5S2. The standard InChI is InChI=1S/C14H18N2O5S2/c1-12-4-2-6-14(10-12)23(19,20)15-7-9-22(17,18)16-11-13-5-3-8-21-13/h2-6,8,10,15-16H,7,9,11H2,1H3. The summed E-state index contributed by atoms with van der Waals surface area (Å²) in [6, 6.07) is 9.68. The molecular weight excluding hydrogens is 340 g/mol. The molecule has 0 saturated heterocycles. The summed E-state index contributed by atoms with van der Waals surface area (Å²) in [6.45, 7) is 1.59. The molecule has 0 aliphatic heterocycles. The quantitative estimate of drug-likeness (QED) is 0.732. The van der Waals surface area contributed by atoms with Crippen LogP contribution in [0.1, 0.15) is 11.3 Å². The van der Waals surface area contributed by atoms with Crippen molar-refractivity contribution in [1.82, 2.24) is 9.44 Å². The highest BCUT2D eigenvalue weighted by Gasteiger charge is 2.16. The van der Waals surface area contributed by atoms with Crippen LogP contribution in [-0.2, 0) is 26.6 Å². The number of aryl methyl sites for hydroxylation is 1. The third-order valence-electron chi connectivity index (χ3n) is 3.01. The van der Waals surface area contributed by atoms with Crippen LogP contribution in [0.4, 0.5) is 0 Å². The third kappa shape index (κ3) is 5.47. The van der Waals surface area contributed by atoms with Crippen molar-refractivity contribution in [3.05, 3.63) is 54.0 Å². The highest BCUT2D eigenvalue weighted by molar-refractivity contribution is 7.90. The number of benzene rings is 1. The van der Waals surface area contributed by atoms with Crippen molar-refractivity contribution in [2.75, 3.05) is 12.3 Å². The van der Waals surface area contributed by atoms with E-state index in [0.29, 0.717) is 5.76 Å². The largest absolute Gasteiger partial charge is 0.468 e. The molecule has 0 fully saturated rings. The van der Waals surface area contributed by atoms with E-state index < -0.39 is 20.0 Å². The lowest BCUT2D eigenvalue weighted by Crippen LogP contribution is -2.34. The molecule has 2 rings (SSSR count). The van der Waals surface area contributed by atoms with Crippen molar-refractivity contribution in [2.24, 2.45) is 0 Å². The Morgan fingerprint density at radius 2 is 1.83 bits per heavy atom. The second kappa shape index (κ2) is 7.26. The maximum absolute atomic E-state index is 12.1. The van der Waals surface area contributed by atoms with Crippen LogP contribution < -0.4 is 9.44 Å². The molecule has 1 heterocycles. The van der Waals surface area contributed by atoms with Crippen molar-refractivity contribution >= 4 is 20.0 Å². The third-order valence-corrected chi connectivity index (χ3v) is 5.79. The summed E-state index contributed by atoms with van der Waals surface area (Å²) in [6.07, 6.45) is 1.44. The molecule has 0 unspecified atom stereocenters. The molecule has 0 aliphatic rings. The van der Waals surface area contributed by atoms with E-state index in [1.807, 2.05) is 0 Å². The average molecular weight is 358 g/mol. The molecule has 0 amide bonds. The predicted molar refractivity (Wildman–Crippen MR) is 85.7 cm³/mol. The van der Waals surface area contributed by atoms with E-state index in [0.717, 1.165) is 5.56 Å². The monoisotopic (exact) mass is 358 g/mol. The minimum absolute atomic E-state index is 0.0277. The molecule has 0 bridgehead atoms. The van der Waals surface area contributed by atoms with E-state index in [1.54, 1.807) is 31.2 Å². The average Bonchev–Trinajstić information content (AvgIpc) is 2.98. The van der Waals surface area contributed by atoms with E-state index in [1.165, 1.54) is 18.4 Å². The molecule has 0 saturated carbocycles. The predicted octanol–water partition coefficient (Wildman–Crippen LogP) is 0.986. The zero-order valence-corrected chi connectivity index (χ0v) is 14.2. The van der Waals surface area contributed by atoms with Crippen LogP contribution in [0, 0.1) is 6.92 Å². The summed E-state index contributed by atoms with van der Waals surface area (Å²) in [5.74, 6) is 0.118. The molecule has 7 nitrogen and oxygen atoms in total. The smallest absolute Gasteiger partial charge is 0.240 e. The van der Waals surface area contributed by atoms with Crippen LogP contribution in [0.2, 0.25) is 0 Å². The Hall–Kier alpha value is -1.68. The molecule has 23 heavy (non-hydrogen) atoms. The molecule has 1 aromatic carbocycles. The molecule has 2 aromatic rings. The van der Waals surface area contributed by atoms with Crippen LogP contribution >= 0.6 is 0 Å².